The number of nitrogens with zero attached hydrogens (tertiary/aromatic N) is 1. The molecule has 2 nitrogen and oxygen atoms in total. The maximum atomic E-state index is 9.55. The molecule has 2 bridgehead atoms. The molecule has 0 atom stereocenters. The lowest BCUT2D eigenvalue weighted by Crippen LogP contribution is -2.46. The Morgan fingerprint density at radius 1 is 1.12 bits per heavy atom. The highest BCUT2D eigenvalue weighted by molar-refractivity contribution is 5.23. The third-order valence-electron chi connectivity index (χ3n) is 5.17. The predicted molar refractivity (Wildman–Crippen MR) is 67.9 cm³/mol. The van der Waals surface area contributed by atoms with E-state index in [1.165, 1.54) is 44.2 Å². The number of fused-ring (bicyclic) bond motifs is 3. The van der Waals surface area contributed by atoms with E-state index in [0.29, 0.717) is 12.0 Å². The summed E-state index contributed by atoms with van der Waals surface area (Å²) in [5.74, 6) is 0. The molecule has 1 aromatic rings. The van der Waals surface area contributed by atoms with Crippen LogP contribution in [-0.2, 0) is 5.41 Å². The second-order valence-corrected chi connectivity index (χ2v) is 6.10. The van der Waals surface area contributed by atoms with Gasteiger partial charge in [-0.15, -0.1) is 0 Å². The molecule has 2 heteroatoms. The number of aliphatic hydroxyl groups excluding tert-OH is 1. The van der Waals surface area contributed by atoms with Crippen molar-refractivity contribution in [1.29, 1.82) is 0 Å². The fourth-order valence-electron chi connectivity index (χ4n) is 3.72. The first-order chi connectivity index (χ1) is 8.18. The molecule has 4 rings (SSSR count). The average molecular weight is 231 g/mol. The number of pyridine rings is 1. The molecule has 0 saturated heterocycles. The first kappa shape index (κ1) is 11.2. The van der Waals surface area contributed by atoms with Crippen LogP contribution >= 0.6 is 0 Å². The lowest BCUT2D eigenvalue weighted by molar-refractivity contribution is -0.00831. The molecular formula is C15H21NO. The SMILES string of the molecule is Cc1cccc(C23CCC(CO)(CC2)CC3)n1. The van der Waals surface area contributed by atoms with E-state index in [4.69, 9.17) is 4.98 Å². The first-order valence-electron chi connectivity index (χ1n) is 6.73. The van der Waals surface area contributed by atoms with E-state index in [0.717, 1.165) is 5.69 Å². The standard InChI is InChI=1S/C15H21NO/c1-12-3-2-4-13(16-12)15-8-5-14(11-17,6-9-15)7-10-15/h2-4,17H,5-11H2,1H3. The highest BCUT2D eigenvalue weighted by Gasteiger charge is 2.49. The Morgan fingerprint density at radius 3 is 2.29 bits per heavy atom. The molecule has 0 radical (unpaired) electrons. The zero-order valence-electron chi connectivity index (χ0n) is 10.6. The molecule has 3 saturated carbocycles. The summed E-state index contributed by atoms with van der Waals surface area (Å²) in [6.07, 6.45) is 7.18. The summed E-state index contributed by atoms with van der Waals surface area (Å²) in [5, 5.41) is 9.55. The van der Waals surface area contributed by atoms with Crippen molar-refractivity contribution in [2.45, 2.75) is 50.9 Å². The van der Waals surface area contributed by atoms with Crippen LogP contribution in [0, 0.1) is 12.3 Å². The highest BCUT2D eigenvalue weighted by atomic mass is 16.3. The molecule has 1 N–H and O–H groups in total. The summed E-state index contributed by atoms with van der Waals surface area (Å²) >= 11 is 0. The molecule has 0 spiro atoms. The van der Waals surface area contributed by atoms with Gasteiger partial charge in [-0.25, -0.2) is 0 Å². The minimum absolute atomic E-state index is 0.256. The van der Waals surface area contributed by atoms with Gasteiger partial charge in [0.05, 0.1) is 0 Å². The van der Waals surface area contributed by atoms with Crippen LogP contribution in [0.25, 0.3) is 0 Å². The predicted octanol–water partition coefficient (Wildman–Crippen LogP) is 2.97. The molecule has 0 aliphatic heterocycles. The van der Waals surface area contributed by atoms with Gasteiger partial charge in [-0.05, 0) is 63.0 Å². The van der Waals surface area contributed by atoms with Crippen molar-refractivity contribution < 1.29 is 5.11 Å². The first-order valence-corrected chi connectivity index (χ1v) is 6.73. The molecule has 0 unspecified atom stereocenters. The van der Waals surface area contributed by atoms with E-state index in [1.54, 1.807) is 0 Å². The fraction of sp³-hybridized carbons (Fsp3) is 0.667. The number of aromatic nitrogens is 1. The van der Waals surface area contributed by atoms with Crippen molar-refractivity contribution in [2.24, 2.45) is 5.41 Å². The summed E-state index contributed by atoms with van der Waals surface area (Å²) in [6, 6.07) is 6.41. The number of aliphatic hydroxyl groups is 1. The van der Waals surface area contributed by atoms with E-state index < -0.39 is 0 Å². The van der Waals surface area contributed by atoms with E-state index in [-0.39, 0.29) is 5.41 Å². The van der Waals surface area contributed by atoms with Crippen molar-refractivity contribution in [2.75, 3.05) is 6.61 Å². The van der Waals surface area contributed by atoms with Gasteiger partial charge in [0.1, 0.15) is 0 Å². The van der Waals surface area contributed by atoms with Gasteiger partial charge in [-0.2, -0.15) is 0 Å². The molecule has 0 amide bonds. The van der Waals surface area contributed by atoms with E-state index >= 15 is 0 Å². The van der Waals surface area contributed by atoms with Gasteiger partial charge in [0.2, 0.25) is 0 Å². The van der Waals surface area contributed by atoms with Crippen LogP contribution in [-0.4, -0.2) is 16.7 Å². The van der Waals surface area contributed by atoms with E-state index in [9.17, 15) is 5.11 Å². The molecule has 92 valence electrons. The Hall–Kier alpha value is -0.890. The topological polar surface area (TPSA) is 33.1 Å². The third kappa shape index (κ3) is 1.70. The maximum absolute atomic E-state index is 9.55. The minimum atomic E-state index is 0.256. The van der Waals surface area contributed by atoms with E-state index in [1.807, 2.05) is 0 Å². The molecule has 0 aromatic carbocycles. The quantitative estimate of drug-likeness (QED) is 0.849. The van der Waals surface area contributed by atoms with Gasteiger partial charge in [-0.3, -0.25) is 4.98 Å². The Morgan fingerprint density at radius 2 is 1.76 bits per heavy atom. The normalized spacial score (nSPS) is 36.1. The van der Waals surface area contributed by atoms with Crippen LogP contribution in [0.1, 0.15) is 49.9 Å². The zero-order chi connectivity index (χ0) is 11.9. The highest BCUT2D eigenvalue weighted by Crippen LogP contribution is 2.57. The van der Waals surface area contributed by atoms with Gasteiger partial charge in [0.15, 0.2) is 0 Å². The summed E-state index contributed by atoms with van der Waals surface area (Å²) in [5.41, 5.74) is 3.00. The van der Waals surface area contributed by atoms with Gasteiger partial charge < -0.3 is 5.11 Å². The zero-order valence-corrected chi connectivity index (χ0v) is 10.6. The van der Waals surface area contributed by atoms with E-state index in [2.05, 4.69) is 25.1 Å². The molecule has 17 heavy (non-hydrogen) atoms. The number of rotatable bonds is 2. The number of hydrogen-bond donors (Lipinski definition) is 1. The lowest BCUT2D eigenvalue weighted by Gasteiger charge is -2.52. The molecular weight excluding hydrogens is 210 g/mol. The van der Waals surface area contributed by atoms with Gasteiger partial charge in [0, 0.05) is 23.4 Å². The molecule has 3 aliphatic carbocycles. The van der Waals surface area contributed by atoms with Crippen molar-refractivity contribution in [3.8, 4) is 0 Å². The smallest absolute Gasteiger partial charge is 0.0487 e. The Kier molecular flexibility index (Phi) is 2.51. The van der Waals surface area contributed by atoms with Crippen molar-refractivity contribution in [3.63, 3.8) is 0 Å². The van der Waals surface area contributed by atoms with Gasteiger partial charge in [0.25, 0.3) is 0 Å². The van der Waals surface area contributed by atoms with Crippen LogP contribution in [0.15, 0.2) is 18.2 Å². The maximum Gasteiger partial charge on any atom is 0.0487 e. The molecule has 3 fully saturated rings. The Balaban J connectivity index is 1.90. The number of aryl methyl sites for hydroxylation is 1. The van der Waals surface area contributed by atoms with Gasteiger partial charge >= 0.3 is 0 Å². The molecule has 3 aliphatic rings. The molecule has 1 aromatic heterocycles. The van der Waals surface area contributed by atoms with Crippen molar-refractivity contribution in [1.82, 2.24) is 4.98 Å². The summed E-state index contributed by atoms with van der Waals surface area (Å²) in [4.78, 5) is 4.75. The van der Waals surface area contributed by atoms with Crippen LogP contribution in [0.5, 0.6) is 0 Å². The monoisotopic (exact) mass is 231 g/mol. The second kappa shape index (κ2) is 3.81. The average Bonchev–Trinajstić information content (AvgIpc) is 2.41. The summed E-state index contributed by atoms with van der Waals surface area (Å²) in [7, 11) is 0. The van der Waals surface area contributed by atoms with Crippen LogP contribution in [0.2, 0.25) is 0 Å². The second-order valence-electron chi connectivity index (χ2n) is 6.10. The van der Waals surface area contributed by atoms with Crippen LogP contribution < -0.4 is 0 Å². The van der Waals surface area contributed by atoms with Crippen LogP contribution in [0.4, 0.5) is 0 Å². The number of hydrogen-bond acceptors (Lipinski definition) is 2. The van der Waals surface area contributed by atoms with Crippen molar-refractivity contribution >= 4 is 0 Å². The third-order valence-corrected chi connectivity index (χ3v) is 5.17. The minimum Gasteiger partial charge on any atom is -0.396 e. The summed E-state index contributed by atoms with van der Waals surface area (Å²) < 4.78 is 0. The largest absolute Gasteiger partial charge is 0.396 e. The fourth-order valence-corrected chi connectivity index (χ4v) is 3.72. The lowest BCUT2D eigenvalue weighted by atomic mass is 9.53. The summed E-state index contributed by atoms with van der Waals surface area (Å²) in [6.45, 7) is 2.45. The van der Waals surface area contributed by atoms with Crippen LogP contribution in [0.3, 0.4) is 0 Å². The Bertz CT molecular complexity index is 402. The van der Waals surface area contributed by atoms with Crippen molar-refractivity contribution in [3.05, 3.63) is 29.6 Å². The molecule has 1 heterocycles. The van der Waals surface area contributed by atoms with Gasteiger partial charge in [-0.1, -0.05) is 6.07 Å². The Labute approximate surface area is 103 Å².